The van der Waals surface area contributed by atoms with E-state index >= 15 is 0 Å². The number of hydrogen-bond donors (Lipinski definition) is 1. The second-order valence-corrected chi connectivity index (χ2v) is 5.73. The summed E-state index contributed by atoms with van der Waals surface area (Å²) in [4.78, 5) is 6.19. The largest absolute Gasteiger partial charge is 0.380 e. The molecule has 2 aromatic heterocycles. The molecule has 0 bridgehead atoms. The smallest absolute Gasteiger partial charge is 0.139 e. The van der Waals surface area contributed by atoms with Crippen LogP contribution in [-0.4, -0.2) is 50.0 Å². The van der Waals surface area contributed by atoms with Gasteiger partial charge in [0.25, 0.3) is 0 Å². The second-order valence-electron chi connectivity index (χ2n) is 5.32. The number of imidazole rings is 1. The Morgan fingerprint density at radius 1 is 1.33 bits per heavy atom. The third-order valence-electron chi connectivity index (χ3n) is 3.34. The first-order valence-electron chi connectivity index (χ1n) is 7.08. The van der Waals surface area contributed by atoms with E-state index in [9.17, 15) is 5.11 Å². The van der Waals surface area contributed by atoms with Gasteiger partial charge in [-0.2, -0.15) is 5.10 Å². The van der Waals surface area contributed by atoms with Gasteiger partial charge in [0.05, 0.1) is 41.7 Å². The highest BCUT2D eigenvalue weighted by Crippen LogP contribution is 2.28. The summed E-state index contributed by atoms with van der Waals surface area (Å²) in [5, 5.41) is 15.4. The molecule has 0 radical (unpaired) electrons. The molecule has 116 valence electrons. The molecule has 7 heteroatoms. The maximum Gasteiger partial charge on any atom is 0.139 e. The summed E-state index contributed by atoms with van der Waals surface area (Å²) in [7, 11) is 4.00. The van der Waals surface area contributed by atoms with E-state index in [2.05, 4.69) is 21.9 Å². The number of nitrogens with zero attached hydrogens (tertiary/aromatic N) is 5. The fourth-order valence-electron chi connectivity index (χ4n) is 2.24. The molecular formula is C14H22ClN5O. The van der Waals surface area contributed by atoms with Crippen LogP contribution in [0.15, 0.2) is 18.7 Å². The third kappa shape index (κ3) is 3.64. The highest BCUT2D eigenvalue weighted by Gasteiger charge is 2.22. The molecule has 0 spiro atoms. The highest BCUT2D eigenvalue weighted by atomic mass is 35.5. The van der Waals surface area contributed by atoms with Gasteiger partial charge >= 0.3 is 0 Å². The molecule has 0 fully saturated rings. The Labute approximate surface area is 130 Å². The topological polar surface area (TPSA) is 59.1 Å². The summed E-state index contributed by atoms with van der Waals surface area (Å²) in [6.45, 7) is 4.40. The zero-order valence-corrected chi connectivity index (χ0v) is 13.5. The van der Waals surface area contributed by atoms with Crippen molar-refractivity contribution in [1.29, 1.82) is 0 Å². The van der Waals surface area contributed by atoms with Crippen LogP contribution in [0.4, 0.5) is 0 Å². The van der Waals surface area contributed by atoms with Gasteiger partial charge in [0.2, 0.25) is 0 Å². The normalized spacial score (nSPS) is 13.0. The van der Waals surface area contributed by atoms with Crippen LogP contribution in [-0.2, 0) is 13.1 Å². The maximum absolute atomic E-state index is 10.7. The Hall–Kier alpha value is -1.37. The van der Waals surface area contributed by atoms with E-state index in [1.54, 1.807) is 23.4 Å². The van der Waals surface area contributed by atoms with Crippen LogP contribution in [0.1, 0.15) is 30.8 Å². The first-order chi connectivity index (χ1) is 10.0. The van der Waals surface area contributed by atoms with Crippen molar-refractivity contribution in [3.63, 3.8) is 0 Å². The van der Waals surface area contributed by atoms with E-state index in [-0.39, 0.29) is 0 Å². The number of aromatic nitrogens is 4. The van der Waals surface area contributed by atoms with Gasteiger partial charge in [-0.1, -0.05) is 18.5 Å². The Morgan fingerprint density at radius 3 is 2.76 bits per heavy atom. The molecule has 0 aliphatic heterocycles. The van der Waals surface area contributed by atoms with Gasteiger partial charge in [-0.15, -0.1) is 0 Å². The average Bonchev–Trinajstić information content (AvgIpc) is 3.03. The van der Waals surface area contributed by atoms with Crippen LogP contribution < -0.4 is 0 Å². The van der Waals surface area contributed by atoms with Crippen LogP contribution in [0.5, 0.6) is 0 Å². The van der Waals surface area contributed by atoms with Crippen LogP contribution in [0, 0.1) is 0 Å². The lowest BCUT2D eigenvalue weighted by Crippen LogP contribution is -2.22. The minimum atomic E-state index is -0.823. The average molecular weight is 312 g/mol. The lowest BCUT2D eigenvalue weighted by Gasteiger charge is -2.17. The minimum Gasteiger partial charge on any atom is -0.380 e. The van der Waals surface area contributed by atoms with E-state index in [0.29, 0.717) is 17.3 Å². The van der Waals surface area contributed by atoms with Crippen molar-refractivity contribution in [2.75, 3.05) is 20.6 Å². The van der Waals surface area contributed by atoms with Crippen molar-refractivity contribution in [1.82, 2.24) is 24.2 Å². The van der Waals surface area contributed by atoms with E-state index in [4.69, 9.17) is 11.6 Å². The molecule has 1 N–H and O–H groups in total. The van der Waals surface area contributed by atoms with Crippen LogP contribution in [0.25, 0.3) is 0 Å². The van der Waals surface area contributed by atoms with Gasteiger partial charge < -0.3 is 14.6 Å². The molecule has 1 unspecified atom stereocenters. The molecule has 2 rings (SSSR count). The Morgan fingerprint density at radius 2 is 2.10 bits per heavy atom. The summed E-state index contributed by atoms with van der Waals surface area (Å²) in [6, 6.07) is 0. The fraction of sp³-hybridized carbons (Fsp3) is 0.571. The van der Waals surface area contributed by atoms with Gasteiger partial charge in [0.15, 0.2) is 0 Å². The molecular weight excluding hydrogens is 290 g/mol. The Kier molecular flexibility index (Phi) is 5.39. The molecule has 2 aromatic rings. The first kappa shape index (κ1) is 16.0. The van der Waals surface area contributed by atoms with Gasteiger partial charge in [-0.3, -0.25) is 4.68 Å². The summed E-state index contributed by atoms with van der Waals surface area (Å²) in [5.41, 5.74) is 1.36. The number of likely N-dealkylation sites (N-methyl/N-ethyl adjacent to an activating group) is 1. The molecule has 0 saturated heterocycles. The van der Waals surface area contributed by atoms with Gasteiger partial charge in [0.1, 0.15) is 6.10 Å². The molecule has 21 heavy (non-hydrogen) atoms. The second kappa shape index (κ2) is 7.06. The van der Waals surface area contributed by atoms with Crippen molar-refractivity contribution in [3.8, 4) is 0 Å². The van der Waals surface area contributed by atoms with E-state index in [0.717, 1.165) is 25.2 Å². The lowest BCUT2D eigenvalue weighted by molar-refractivity contribution is 0.196. The quantitative estimate of drug-likeness (QED) is 0.847. The zero-order valence-electron chi connectivity index (χ0n) is 12.7. The van der Waals surface area contributed by atoms with Crippen LogP contribution in [0.3, 0.4) is 0 Å². The van der Waals surface area contributed by atoms with Crippen molar-refractivity contribution in [2.45, 2.75) is 32.5 Å². The Balaban J connectivity index is 2.27. The van der Waals surface area contributed by atoms with E-state index in [1.807, 2.05) is 18.7 Å². The summed E-state index contributed by atoms with van der Waals surface area (Å²) >= 11 is 6.21. The van der Waals surface area contributed by atoms with E-state index < -0.39 is 6.10 Å². The van der Waals surface area contributed by atoms with Gasteiger partial charge in [0, 0.05) is 13.1 Å². The summed E-state index contributed by atoms with van der Waals surface area (Å²) in [5.74, 6) is 0. The van der Waals surface area contributed by atoms with Crippen LogP contribution >= 0.6 is 11.6 Å². The van der Waals surface area contributed by atoms with Crippen molar-refractivity contribution in [2.24, 2.45) is 0 Å². The number of aliphatic hydroxyl groups is 1. The predicted octanol–water partition coefficient (Wildman–Crippen LogP) is 1.79. The number of aliphatic hydroxyl groups excluding tert-OH is 1. The van der Waals surface area contributed by atoms with Crippen molar-refractivity contribution >= 4 is 11.6 Å². The maximum atomic E-state index is 10.7. The number of hydrogen-bond acceptors (Lipinski definition) is 4. The van der Waals surface area contributed by atoms with Gasteiger partial charge in [-0.05, 0) is 20.5 Å². The number of aryl methyl sites for hydroxylation is 1. The molecule has 0 saturated carbocycles. The van der Waals surface area contributed by atoms with Crippen molar-refractivity contribution < 1.29 is 5.11 Å². The number of halogens is 1. The highest BCUT2D eigenvalue weighted by molar-refractivity contribution is 6.31. The molecule has 0 aliphatic rings. The van der Waals surface area contributed by atoms with Crippen molar-refractivity contribution in [3.05, 3.63) is 35.1 Å². The Bertz CT molecular complexity index is 578. The van der Waals surface area contributed by atoms with Gasteiger partial charge in [-0.25, -0.2) is 4.98 Å². The molecule has 0 aromatic carbocycles. The SMILES string of the molecule is CCCn1cncc1C(O)c1c(Cl)cnn1CCN(C)C. The molecule has 6 nitrogen and oxygen atoms in total. The van der Waals surface area contributed by atoms with Crippen LogP contribution in [0.2, 0.25) is 5.02 Å². The molecule has 0 aliphatic carbocycles. The number of rotatable bonds is 7. The minimum absolute atomic E-state index is 0.477. The predicted molar refractivity (Wildman–Crippen MR) is 82.4 cm³/mol. The van der Waals surface area contributed by atoms with E-state index in [1.165, 1.54) is 0 Å². The third-order valence-corrected chi connectivity index (χ3v) is 3.63. The summed E-state index contributed by atoms with van der Waals surface area (Å²) in [6.07, 6.45) is 5.15. The first-order valence-corrected chi connectivity index (χ1v) is 7.46. The standard InChI is InChI=1S/C14H22ClN5O/c1-4-5-19-10-16-9-12(19)14(21)13-11(15)8-17-20(13)7-6-18(2)3/h8-10,14,21H,4-7H2,1-3H3. The molecule has 0 amide bonds. The fourth-order valence-corrected chi connectivity index (χ4v) is 2.49. The zero-order chi connectivity index (χ0) is 15.4. The monoisotopic (exact) mass is 311 g/mol. The molecule has 1 atom stereocenters. The summed E-state index contributed by atoms with van der Waals surface area (Å²) < 4.78 is 3.71. The molecule has 2 heterocycles. The lowest BCUT2D eigenvalue weighted by atomic mass is 10.2.